The summed E-state index contributed by atoms with van der Waals surface area (Å²) in [5.74, 6) is -0.190. The van der Waals surface area contributed by atoms with E-state index in [9.17, 15) is 9.90 Å². The van der Waals surface area contributed by atoms with Crippen molar-refractivity contribution in [3.63, 3.8) is 0 Å². The molecule has 1 heterocycles. The Balaban J connectivity index is 2.22. The van der Waals surface area contributed by atoms with Crippen LogP contribution in [0.15, 0.2) is 59.2 Å². The number of aromatic nitrogens is 1. The zero-order valence-corrected chi connectivity index (χ0v) is 14.9. The number of carboxylic acids is 1. The van der Waals surface area contributed by atoms with Crippen molar-refractivity contribution in [1.29, 1.82) is 0 Å². The van der Waals surface area contributed by atoms with Crippen LogP contribution in [0.5, 0.6) is 5.75 Å². The predicted molar refractivity (Wildman–Crippen MR) is 97.2 cm³/mol. The van der Waals surface area contributed by atoms with Gasteiger partial charge in [-0.25, -0.2) is 4.79 Å². The number of ether oxygens (including phenoxy) is 1. The van der Waals surface area contributed by atoms with Crippen LogP contribution in [0.1, 0.15) is 15.9 Å². The van der Waals surface area contributed by atoms with Gasteiger partial charge in [0.05, 0.1) is 18.4 Å². The number of aromatic carboxylic acids is 1. The van der Waals surface area contributed by atoms with Crippen molar-refractivity contribution in [3.8, 4) is 22.7 Å². The SMILES string of the molecule is COc1ccc(-n2ccc(C(=O)O)c2-c2ccc(Br)cc2C)cc1. The molecule has 0 radical (unpaired) electrons. The Morgan fingerprint density at radius 1 is 1.12 bits per heavy atom. The first-order valence-electron chi connectivity index (χ1n) is 7.37. The molecule has 1 aromatic heterocycles. The molecule has 0 unspecified atom stereocenters. The van der Waals surface area contributed by atoms with Gasteiger partial charge in [0.25, 0.3) is 0 Å². The maximum atomic E-state index is 11.7. The fourth-order valence-corrected chi connectivity index (χ4v) is 3.21. The van der Waals surface area contributed by atoms with Crippen molar-refractivity contribution in [2.24, 2.45) is 0 Å². The van der Waals surface area contributed by atoms with Gasteiger partial charge >= 0.3 is 5.97 Å². The number of methoxy groups -OCH3 is 1. The molecular formula is C19H16BrNO3. The van der Waals surface area contributed by atoms with Crippen LogP contribution in [0.25, 0.3) is 16.9 Å². The summed E-state index contributed by atoms with van der Waals surface area (Å²) in [6.07, 6.45) is 1.78. The Labute approximate surface area is 148 Å². The van der Waals surface area contributed by atoms with Crippen LogP contribution >= 0.6 is 15.9 Å². The minimum atomic E-state index is -0.945. The average molecular weight is 386 g/mol. The first-order valence-corrected chi connectivity index (χ1v) is 8.16. The topological polar surface area (TPSA) is 51.5 Å². The highest BCUT2D eigenvalue weighted by Crippen LogP contribution is 2.32. The molecule has 4 nitrogen and oxygen atoms in total. The third-order valence-corrected chi connectivity index (χ3v) is 4.40. The zero-order chi connectivity index (χ0) is 17.3. The van der Waals surface area contributed by atoms with Gasteiger partial charge in [-0.15, -0.1) is 0 Å². The minimum Gasteiger partial charge on any atom is -0.497 e. The second kappa shape index (κ2) is 6.53. The molecule has 0 saturated heterocycles. The molecule has 24 heavy (non-hydrogen) atoms. The summed E-state index contributed by atoms with van der Waals surface area (Å²) in [5, 5.41) is 9.57. The van der Waals surface area contributed by atoms with Crippen LogP contribution in [-0.2, 0) is 0 Å². The van der Waals surface area contributed by atoms with E-state index < -0.39 is 5.97 Å². The highest BCUT2D eigenvalue weighted by Gasteiger charge is 2.19. The van der Waals surface area contributed by atoms with Crippen molar-refractivity contribution in [2.45, 2.75) is 6.92 Å². The van der Waals surface area contributed by atoms with Gasteiger partial charge in [-0.3, -0.25) is 0 Å². The first-order chi connectivity index (χ1) is 11.5. The molecule has 5 heteroatoms. The summed E-state index contributed by atoms with van der Waals surface area (Å²) < 4.78 is 8.04. The molecule has 0 bridgehead atoms. The molecular weight excluding hydrogens is 370 g/mol. The van der Waals surface area contributed by atoms with Crippen LogP contribution in [0.3, 0.4) is 0 Å². The lowest BCUT2D eigenvalue weighted by Gasteiger charge is -2.14. The molecule has 1 N–H and O–H groups in total. The van der Waals surface area contributed by atoms with Gasteiger partial charge in [-0.2, -0.15) is 0 Å². The summed E-state index contributed by atoms with van der Waals surface area (Å²) >= 11 is 3.45. The standard InChI is InChI=1S/C19H16BrNO3/c1-12-11-13(20)3-8-16(12)18-17(19(22)23)9-10-21(18)14-4-6-15(24-2)7-5-14/h3-11H,1-2H3,(H,22,23). The first kappa shape index (κ1) is 16.3. The number of nitrogens with zero attached hydrogens (tertiary/aromatic N) is 1. The molecule has 0 fully saturated rings. The number of benzene rings is 2. The third kappa shape index (κ3) is 2.95. The van der Waals surface area contributed by atoms with Crippen molar-refractivity contribution in [2.75, 3.05) is 7.11 Å². The van der Waals surface area contributed by atoms with E-state index in [0.717, 1.165) is 27.0 Å². The number of halogens is 1. The third-order valence-electron chi connectivity index (χ3n) is 3.91. The minimum absolute atomic E-state index is 0.274. The van der Waals surface area contributed by atoms with E-state index in [1.54, 1.807) is 19.4 Å². The molecule has 0 saturated carbocycles. The number of hydrogen-bond acceptors (Lipinski definition) is 2. The second-order valence-electron chi connectivity index (χ2n) is 5.41. The molecule has 3 rings (SSSR count). The van der Waals surface area contributed by atoms with Crippen molar-refractivity contribution >= 4 is 21.9 Å². The molecule has 0 atom stereocenters. The van der Waals surface area contributed by atoms with Crippen molar-refractivity contribution in [1.82, 2.24) is 4.57 Å². The summed E-state index contributed by atoms with van der Waals surface area (Å²) in [5.41, 5.74) is 3.70. The summed E-state index contributed by atoms with van der Waals surface area (Å²) in [6, 6.07) is 15.0. The van der Waals surface area contributed by atoms with Crippen LogP contribution in [0, 0.1) is 6.92 Å². The Hall–Kier alpha value is -2.53. The van der Waals surface area contributed by atoms with Crippen LogP contribution in [0.2, 0.25) is 0 Å². The molecule has 0 aliphatic heterocycles. The smallest absolute Gasteiger partial charge is 0.337 e. The lowest BCUT2D eigenvalue weighted by Crippen LogP contribution is -2.03. The maximum absolute atomic E-state index is 11.7. The number of carbonyl (C=O) groups is 1. The Morgan fingerprint density at radius 2 is 1.83 bits per heavy atom. The lowest BCUT2D eigenvalue weighted by atomic mass is 10.0. The molecule has 0 amide bonds. The maximum Gasteiger partial charge on any atom is 0.337 e. The highest BCUT2D eigenvalue weighted by atomic mass is 79.9. The van der Waals surface area contributed by atoms with Gasteiger partial charge in [-0.05, 0) is 55.0 Å². The molecule has 0 spiro atoms. The number of aryl methyl sites for hydroxylation is 1. The molecule has 0 aliphatic rings. The van der Waals surface area contributed by atoms with Crippen molar-refractivity contribution in [3.05, 3.63) is 70.3 Å². The summed E-state index contributed by atoms with van der Waals surface area (Å²) in [6.45, 7) is 1.97. The van der Waals surface area contributed by atoms with Gasteiger partial charge in [0.1, 0.15) is 5.75 Å². The number of carboxylic acid groups (broad SMARTS) is 1. The Bertz CT molecular complexity index is 897. The number of hydrogen-bond donors (Lipinski definition) is 1. The van der Waals surface area contributed by atoms with Crippen LogP contribution < -0.4 is 4.74 Å². The Morgan fingerprint density at radius 3 is 2.42 bits per heavy atom. The van der Waals surface area contributed by atoms with E-state index in [1.165, 1.54) is 0 Å². The molecule has 3 aromatic rings. The average Bonchev–Trinajstić information content (AvgIpc) is 3.00. The molecule has 0 aliphatic carbocycles. The van der Waals surface area contributed by atoms with E-state index in [2.05, 4.69) is 15.9 Å². The Kier molecular flexibility index (Phi) is 4.44. The van der Waals surface area contributed by atoms with Crippen LogP contribution in [0.4, 0.5) is 0 Å². The van der Waals surface area contributed by atoms with E-state index in [0.29, 0.717) is 5.69 Å². The van der Waals surface area contributed by atoms with Crippen molar-refractivity contribution < 1.29 is 14.6 Å². The predicted octanol–water partition coefficient (Wildman–Crippen LogP) is 4.92. The molecule has 122 valence electrons. The zero-order valence-electron chi connectivity index (χ0n) is 13.3. The number of rotatable bonds is 4. The van der Waals surface area contributed by atoms with E-state index in [-0.39, 0.29) is 5.56 Å². The van der Waals surface area contributed by atoms with Gasteiger partial charge in [0, 0.05) is 21.9 Å². The van der Waals surface area contributed by atoms with Gasteiger partial charge in [0.15, 0.2) is 0 Å². The second-order valence-corrected chi connectivity index (χ2v) is 6.33. The largest absolute Gasteiger partial charge is 0.497 e. The quantitative estimate of drug-likeness (QED) is 0.692. The highest BCUT2D eigenvalue weighted by molar-refractivity contribution is 9.10. The monoisotopic (exact) mass is 385 g/mol. The van der Waals surface area contributed by atoms with Gasteiger partial charge in [-0.1, -0.05) is 22.0 Å². The van der Waals surface area contributed by atoms with E-state index >= 15 is 0 Å². The van der Waals surface area contributed by atoms with E-state index in [4.69, 9.17) is 4.74 Å². The van der Waals surface area contributed by atoms with Gasteiger partial charge in [0.2, 0.25) is 0 Å². The van der Waals surface area contributed by atoms with Gasteiger partial charge < -0.3 is 14.4 Å². The van der Waals surface area contributed by atoms with Crippen LogP contribution in [-0.4, -0.2) is 22.8 Å². The van der Waals surface area contributed by atoms with E-state index in [1.807, 2.05) is 54.0 Å². The summed E-state index contributed by atoms with van der Waals surface area (Å²) in [7, 11) is 1.61. The normalized spacial score (nSPS) is 10.6. The summed E-state index contributed by atoms with van der Waals surface area (Å²) in [4.78, 5) is 11.7. The molecule has 2 aromatic carbocycles. The lowest BCUT2D eigenvalue weighted by molar-refractivity contribution is 0.0698. The fraction of sp³-hybridized carbons (Fsp3) is 0.105. The fourth-order valence-electron chi connectivity index (χ4n) is 2.73.